The van der Waals surface area contributed by atoms with Gasteiger partial charge in [0, 0.05) is 11.0 Å². The molecule has 0 saturated heterocycles. The van der Waals surface area contributed by atoms with Crippen LogP contribution in [0.25, 0.3) is 0 Å². The van der Waals surface area contributed by atoms with Crippen LogP contribution in [0, 0.1) is 0 Å². The molecule has 1 heterocycles. The largest absolute Gasteiger partial charge is 0.129 e. The van der Waals surface area contributed by atoms with Crippen LogP contribution in [0.5, 0.6) is 0 Å². The SMILES string of the molecule is CCC1CSC(C)=C(C)S1. The summed E-state index contributed by atoms with van der Waals surface area (Å²) in [7, 11) is 0. The quantitative estimate of drug-likeness (QED) is 0.597. The van der Waals surface area contributed by atoms with E-state index in [1.807, 2.05) is 11.8 Å². The molecule has 0 spiro atoms. The Labute approximate surface area is 71.8 Å². The van der Waals surface area contributed by atoms with E-state index in [1.54, 1.807) is 0 Å². The highest BCUT2D eigenvalue weighted by atomic mass is 32.2. The van der Waals surface area contributed by atoms with E-state index >= 15 is 0 Å². The van der Waals surface area contributed by atoms with E-state index in [0.29, 0.717) is 0 Å². The minimum Gasteiger partial charge on any atom is -0.129 e. The first-order valence-corrected chi connectivity index (χ1v) is 5.57. The predicted molar refractivity (Wildman–Crippen MR) is 52.5 cm³/mol. The van der Waals surface area contributed by atoms with Crippen molar-refractivity contribution >= 4 is 23.5 Å². The second kappa shape index (κ2) is 3.72. The van der Waals surface area contributed by atoms with Crippen molar-refractivity contribution in [2.24, 2.45) is 0 Å². The third kappa shape index (κ3) is 1.96. The molecule has 0 bridgehead atoms. The number of rotatable bonds is 1. The fourth-order valence-electron chi connectivity index (χ4n) is 0.888. The summed E-state index contributed by atoms with van der Waals surface area (Å²) in [6, 6.07) is 0. The fourth-order valence-corrected chi connectivity index (χ4v) is 3.39. The smallest absolute Gasteiger partial charge is 0.0183 e. The van der Waals surface area contributed by atoms with Crippen LogP contribution in [0.2, 0.25) is 0 Å². The van der Waals surface area contributed by atoms with Crippen molar-refractivity contribution in [2.75, 3.05) is 5.75 Å². The van der Waals surface area contributed by atoms with Gasteiger partial charge in [0.05, 0.1) is 0 Å². The van der Waals surface area contributed by atoms with Gasteiger partial charge in [-0.15, -0.1) is 23.5 Å². The molecule has 10 heavy (non-hydrogen) atoms. The van der Waals surface area contributed by atoms with E-state index in [1.165, 1.54) is 22.0 Å². The Morgan fingerprint density at radius 1 is 1.40 bits per heavy atom. The highest BCUT2D eigenvalue weighted by Crippen LogP contribution is 2.38. The highest BCUT2D eigenvalue weighted by Gasteiger charge is 2.15. The van der Waals surface area contributed by atoms with Gasteiger partial charge >= 0.3 is 0 Å². The van der Waals surface area contributed by atoms with Crippen molar-refractivity contribution in [1.29, 1.82) is 0 Å². The summed E-state index contributed by atoms with van der Waals surface area (Å²) in [5.74, 6) is 1.31. The van der Waals surface area contributed by atoms with E-state index < -0.39 is 0 Å². The summed E-state index contributed by atoms with van der Waals surface area (Å²) in [4.78, 5) is 3.05. The molecular formula is C8H14S2. The van der Waals surface area contributed by atoms with Gasteiger partial charge in [-0.3, -0.25) is 0 Å². The Morgan fingerprint density at radius 3 is 2.60 bits per heavy atom. The molecule has 1 rings (SSSR count). The summed E-state index contributed by atoms with van der Waals surface area (Å²) < 4.78 is 0. The molecular weight excluding hydrogens is 160 g/mol. The van der Waals surface area contributed by atoms with Crippen molar-refractivity contribution in [3.05, 3.63) is 9.81 Å². The van der Waals surface area contributed by atoms with Crippen LogP contribution >= 0.6 is 23.5 Å². The Bertz CT molecular complexity index is 149. The third-order valence-corrected chi connectivity index (χ3v) is 4.92. The average Bonchev–Trinajstić information content (AvgIpc) is 1.95. The molecule has 1 atom stereocenters. The summed E-state index contributed by atoms with van der Waals surface area (Å²) >= 11 is 4.07. The van der Waals surface area contributed by atoms with Gasteiger partial charge in [0.1, 0.15) is 0 Å². The topological polar surface area (TPSA) is 0 Å². The number of hydrogen-bond acceptors (Lipinski definition) is 2. The van der Waals surface area contributed by atoms with E-state index in [-0.39, 0.29) is 0 Å². The maximum Gasteiger partial charge on any atom is 0.0183 e. The number of thioether (sulfide) groups is 2. The summed E-state index contributed by atoms with van der Waals surface area (Å²) in [5.41, 5.74) is 0. The molecule has 0 amide bonds. The van der Waals surface area contributed by atoms with Gasteiger partial charge in [-0.1, -0.05) is 6.92 Å². The zero-order chi connectivity index (χ0) is 7.56. The molecule has 0 aromatic carbocycles. The first kappa shape index (κ1) is 8.54. The van der Waals surface area contributed by atoms with Crippen LogP contribution in [-0.4, -0.2) is 11.0 Å². The second-order valence-electron chi connectivity index (χ2n) is 2.57. The van der Waals surface area contributed by atoms with Crippen molar-refractivity contribution in [1.82, 2.24) is 0 Å². The Balaban J connectivity index is 2.54. The molecule has 58 valence electrons. The highest BCUT2D eigenvalue weighted by molar-refractivity contribution is 8.10. The minimum absolute atomic E-state index is 0.869. The molecule has 0 saturated carbocycles. The monoisotopic (exact) mass is 174 g/mol. The van der Waals surface area contributed by atoms with Gasteiger partial charge in [0.2, 0.25) is 0 Å². The normalized spacial score (nSPS) is 27.3. The Hall–Kier alpha value is 0.440. The second-order valence-corrected chi connectivity index (χ2v) is 5.32. The van der Waals surface area contributed by atoms with Crippen LogP contribution in [0.1, 0.15) is 27.2 Å². The van der Waals surface area contributed by atoms with Gasteiger partial charge in [-0.05, 0) is 30.1 Å². The van der Waals surface area contributed by atoms with Crippen LogP contribution in [0.4, 0.5) is 0 Å². The molecule has 0 radical (unpaired) electrons. The lowest BCUT2D eigenvalue weighted by Gasteiger charge is -2.21. The van der Waals surface area contributed by atoms with Crippen LogP contribution in [-0.2, 0) is 0 Å². The van der Waals surface area contributed by atoms with Gasteiger partial charge in [0.15, 0.2) is 0 Å². The lowest BCUT2D eigenvalue weighted by Crippen LogP contribution is -2.08. The number of hydrogen-bond donors (Lipinski definition) is 0. The predicted octanol–water partition coefficient (Wildman–Crippen LogP) is 3.50. The van der Waals surface area contributed by atoms with E-state index in [2.05, 4.69) is 32.5 Å². The van der Waals surface area contributed by atoms with Crippen molar-refractivity contribution < 1.29 is 0 Å². The average molecular weight is 174 g/mol. The van der Waals surface area contributed by atoms with Crippen LogP contribution in [0.15, 0.2) is 9.81 Å². The molecule has 0 fully saturated rings. The molecule has 0 N–H and O–H groups in total. The van der Waals surface area contributed by atoms with Crippen molar-refractivity contribution in [2.45, 2.75) is 32.4 Å². The molecule has 1 aliphatic heterocycles. The first-order valence-electron chi connectivity index (χ1n) is 3.71. The standard InChI is InChI=1S/C8H14S2/c1-4-8-5-9-6(2)7(3)10-8/h8H,4-5H2,1-3H3. The maximum absolute atomic E-state index is 2.27. The van der Waals surface area contributed by atoms with Crippen molar-refractivity contribution in [3.63, 3.8) is 0 Å². The van der Waals surface area contributed by atoms with Gasteiger partial charge < -0.3 is 0 Å². The van der Waals surface area contributed by atoms with Crippen molar-refractivity contribution in [3.8, 4) is 0 Å². The lowest BCUT2D eigenvalue weighted by molar-refractivity contribution is 0.917. The summed E-state index contributed by atoms with van der Waals surface area (Å²) in [6.07, 6.45) is 1.31. The Morgan fingerprint density at radius 2 is 2.10 bits per heavy atom. The summed E-state index contributed by atoms with van der Waals surface area (Å²) in [5, 5.41) is 0.869. The van der Waals surface area contributed by atoms with Crippen LogP contribution in [0.3, 0.4) is 0 Å². The lowest BCUT2D eigenvalue weighted by atomic mass is 10.4. The fraction of sp³-hybridized carbons (Fsp3) is 0.750. The zero-order valence-electron chi connectivity index (χ0n) is 6.81. The zero-order valence-corrected chi connectivity index (χ0v) is 8.44. The van der Waals surface area contributed by atoms with Gasteiger partial charge in [-0.25, -0.2) is 0 Å². The Kier molecular flexibility index (Phi) is 3.18. The number of allylic oxidation sites excluding steroid dienone is 2. The van der Waals surface area contributed by atoms with Crippen LogP contribution < -0.4 is 0 Å². The molecule has 1 aliphatic rings. The van der Waals surface area contributed by atoms with E-state index in [0.717, 1.165) is 5.25 Å². The first-order chi connectivity index (χ1) is 4.74. The molecule has 0 nitrogen and oxygen atoms in total. The van der Waals surface area contributed by atoms with E-state index in [4.69, 9.17) is 0 Å². The van der Waals surface area contributed by atoms with Gasteiger partial charge in [-0.2, -0.15) is 0 Å². The molecule has 0 aromatic heterocycles. The van der Waals surface area contributed by atoms with Gasteiger partial charge in [0.25, 0.3) is 0 Å². The maximum atomic E-state index is 2.27. The summed E-state index contributed by atoms with van der Waals surface area (Å²) in [6.45, 7) is 6.72. The third-order valence-electron chi connectivity index (χ3n) is 1.78. The molecule has 0 aromatic rings. The van der Waals surface area contributed by atoms with E-state index in [9.17, 15) is 0 Å². The molecule has 0 aliphatic carbocycles. The molecule has 2 heteroatoms. The minimum atomic E-state index is 0.869. The molecule has 1 unspecified atom stereocenters.